The topological polar surface area (TPSA) is 88.1 Å². The third-order valence-electron chi connectivity index (χ3n) is 4.47. The third kappa shape index (κ3) is 9.03. The molecule has 0 aliphatic heterocycles. The maximum atomic E-state index is 12.9. The van der Waals surface area contributed by atoms with E-state index in [1.165, 1.54) is 43.5 Å². The molecular weight excluding hydrogens is 368 g/mol. The summed E-state index contributed by atoms with van der Waals surface area (Å²) < 4.78 is 32.3. The minimum absolute atomic E-state index is 0.0584. The summed E-state index contributed by atoms with van der Waals surface area (Å²) >= 11 is 0. The highest BCUT2D eigenvalue weighted by atomic mass is 32.2. The molecule has 0 amide bonds. The van der Waals surface area contributed by atoms with Gasteiger partial charge >= 0.3 is 0 Å². The number of ether oxygens (including phenoxy) is 1. The summed E-state index contributed by atoms with van der Waals surface area (Å²) in [6.07, 6.45) is 9.17. The molecule has 0 saturated carbocycles. The molecule has 1 rings (SSSR count). The molecule has 0 aliphatic carbocycles. The highest BCUT2D eigenvalue weighted by Crippen LogP contribution is 2.20. The average Bonchev–Trinajstić information content (AvgIpc) is 2.68. The second-order valence-electron chi connectivity index (χ2n) is 6.49. The molecule has 8 heteroatoms. The Morgan fingerprint density at radius 3 is 2.11 bits per heavy atom. The molecule has 1 aromatic rings. The van der Waals surface area contributed by atoms with Gasteiger partial charge in [0.1, 0.15) is 5.75 Å². The predicted molar refractivity (Wildman–Crippen MR) is 105 cm³/mol. The van der Waals surface area contributed by atoms with Gasteiger partial charge in [0.15, 0.2) is 0 Å². The maximum Gasteiger partial charge on any atom is 0.243 e. The van der Waals surface area contributed by atoms with E-state index in [2.05, 4.69) is 6.92 Å². The second kappa shape index (κ2) is 13.9. The van der Waals surface area contributed by atoms with Crippen molar-refractivity contribution in [3.05, 3.63) is 24.3 Å². The normalized spacial score (nSPS) is 11.9. The Bertz CT molecular complexity index is 593. The van der Waals surface area contributed by atoms with Crippen LogP contribution in [0.5, 0.6) is 5.75 Å². The van der Waals surface area contributed by atoms with Crippen LogP contribution < -0.4 is 10.4 Å². The molecule has 0 radical (unpaired) electrons. The lowest BCUT2D eigenvalue weighted by Gasteiger charge is -2.22. The highest BCUT2D eigenvalue weighted by Gasteiger charge is 2.24. The van der Waals surface area contributed by atoms with Crippen molar-refractivity contribution < 1.29 is 23.2 Å². The van der Waals surface area contributed by atoms with E-state index < -0.39 is 10.0 Å². The highest BCUT2D eigenvalue weighted by molar-refractivity contribution is 7.89. The first-order valence-corrected chi connectivity index (χ1v) is 11.1. The van der Waals surface area contributed by atoms with Crippen LogP contribution in [-0.4, -0.2) is 44.7 Å². The standard InChI is InChI=1S/C19H34N2O5S/c1-3-4-5-6-7-8-9-10-15-21(16-17-26-20-22)27(23,24)19-13-11-18(25-2)12-14-19/h11-14,20,22H,3-10,15-17H2,1-2H3. The van der Waals surface area contributed by atoms with Crippen LogP contribution in [-0.2, 0) is 14.9 Å². The SMILES string of the molecule is CCCCCCCCCCN(CCONO)S(=O)(=O)c1ccc(OC)cc1. The minimum atomic E-state index is -3.62. The van der Waals surface area contributed by atoms with E-state index in [0.717, 1.165) is 19.3 Å². The van der Waals surface area contributed by atoms with Crippen LogP contribution in [0.1, 0.15) is 58.3 Å². The Kier molecular flexibility index (Phi) is 12.3. The Morgan fingerprint density at radius 1 is 0.963 bits per heavy atom. The van der Waals surface area contributed by atoms with E-state index in [1.807, 2.05) is 0 Å². The van der Waals surface area contributed by atoms with Gasteiger partial charge in [-0.1, -0.05) is 57.5 Å². The minimum Gasteiger partial charge on any atom is -0.497 e. The molecule has 7 nitrogen and oxygen atoms in total. The van der Waals surface area contributed by atoms with Crippen LogP contribution in [0.2, 0.25) is 0 Å². The van der Waals surface area contributed by atoms with E-state index in [1.54, 1.807) is 29.9 Å². The number of unbranched alkanes of at least 4 members (excludes halogenated alkanes) is 7. The van der Waals surface area contributed by atoms with Gasteiger partial charge in [0.25, 0.3) is 0 Å². The lowest BCUT2D eigenvalue weighted by Crippen LogP contribution is -2.35. The second-order valence-corrected chi connectivity index (χ2v) is 8.43. The first-order valence-electron chi connectivity index (χ1n) is 9.71. The number of sulfonamides is 1. The average molecular weight is 403 g/mol. The number of hydrogen-bond donors (Lipinski definition) is 2. The van der Waals surface area contributed by atoms with Crippen LogP contribution >= 0.6 is 0 Å². The smallest absolute Gasteiger partial charge is 0.243 e. The molecule has 0 atom stereocenters. The fraction of sp³-hybridized carbons (Fsp3) is 0.684. The Morgan fingerprint density at radius 2 is 1.56 bits per heavy atom. The first-order chi connectivity index (χ1) is 13.1. The molecule has 0 heterocycles. The zero-order valence-corrected chi connectivity index (χ0v) is 17.3. The van der Waals surface area contributed by atoms with Crippen LogP contribution in [0, 0.1) is 0 Å². The molecular formula is C19H34N2O5S. The molecule has 0 unspecified atom stereocenters. The summed E-state index contributed by atoms with van der Waals surface area (Å²) in [5.41, 5.74) is 1.59. The van der Waals surface area contributed by atoms with E-state index in [0.29, 0.717) is 12.3 Å². The molecule has 2 N–H and O–H groups in total. The fourth-order valence-electron chi connectivity index (χ4n) is 2.86. The summed E-state index contributed by atoms with van der Waals surface area (Å²) in [7, 11) is -2.08. The molecule has 156 valence electrons. The number of methoxy groups -OCH3 is 1. The van der Waals surface area contributed by atoms with Gasteiger partial charge in [-0.2, -0.15) is 4.31 Å². The van der Waals surface area contributed by atoms with Gasteiger partial charge in [-0.15, -0.1) is 0 Å². The van der Waals surface area contributed by atoms with Crippen LogP contribution in [0.4, 0.5) is 0 Å². The molecule has 1 aromatic carbocycles. The van der Waals surface area contributed by atoms with Crippen molar-refractivity contribution in [2.75, 3.05) is 26.8 Å². The Hall–Kier alpha value is -1.19. The molecule has 0 aromatic heterocycles. The van der Waals surface area contributed by atoms with Crippen LogP contribution in [0.15, 0.2) is 29.2 Å². The lowest BCUT2D eigenvalue weighted by atomic mass is 10.1. The van der Waals surface area contributed by atoms with Gasteiger partial charge in [-0.25, -0.2) is 8.42 Å². The van der Waals surface area contributed by atoms with Crippen molar-refractivity contribution in [3.8, 4) is 5.75 Å². The van der Waals surface area contributed by atoms with Gasteiger partial charge in [0.05, 0.1) is 18.6 Å². The zero-order valence-electron chi connectivity index (χ0n) is 16.5. The van der Waals surface area contributed by atoms with Gasteiger partial charge in [0, 0.05) is 13.1 Å². The van der Waals surface area contributed by atoms with Crippen molar-refractivity contribution >= 4 is 10.0 Å². The van der Waals surface area contributed by atoms with Crippen molar-refractivity contribution in [3.63, 3.8) is 0 Å². The largest absolute Gasteiger partial charge is 0.497 e. The number of nitrogens with zero attached hydrogens (tertiary/aromatic N) is 1. The molecule has 27 heavy (non-hydrogen) atoms. The summed E-state index contributed by atoms with van der Waals surface area (Å²) in [5.74, 6) is 0.608. The number of rotatable bonds is 16. The maximum absolute atomic E-state index is 12.9. The molecule has 0 bridgehead atoms. The zero-order chi connectivity index (χ0) is 20.0. The van der Waals surface area contributed by atoms with Gasteiger partial charge < -0.3 is 4.74 Å². The number of nitrogens with one attached hydrogen (secondary N) is 1. The summed E-state index contributed by atoms with van der Waals surface area (Å²) in [6, 6.07) is 6.35. The summed E-state index contributed by atoms with van der Waals surface area (Å²) in [4.78, 5) is 4.92. The lowest BCUT2D eigenvalue weighted by molar-refractivity contribution is -0.127. The molecule has 0 fully saturated rings. The molecule has 0 aliphatic rings. The van der Waals surface area contributed by atoms with Gasteiger partial charge in [-0.05, 0) is 30.7 Å². The Labute approximate surface area is 163 Å². The monoisotopic (exact) mass is 402 g/mol. The fourth-order valence-corrected chi connectivity index (χ4v) is 4.33. The number of hydrogen-bond acceptors (Lipinski definition) is 6. The van der Waals surface area contributed by atoms with Crippen molar-refractivity contribution in [2.45, 2.75) is 63.2 Å². The summed E-state index contributed by atoms with van der Waals surface area (Å²) in [5, 5.41) is 8.54. The van der Waals surface area contributed by atoms with E-state index in [4.69, 9.17) is 14.8 Å². The van der Waals surface area contributed by atoms with Gasteiger partial charge in [0.2, 0.25) is 10.0 Å². The number of benzene rings is 1. The molecule has 0 spiro atoms. The quantitative estimate of drug-likeness (QED) is 0.323. The third-order valence-corrected chi connectivity index (χ3v) is 6.38. The van der Waals surface area contributed by atoms with Crippen LogP contribution in [0.3, 0.4) is 0 Å². The Balaban J connectivity index is 2.58. The first kappa shape index (κ1) is 23.8. The predicted octanol–water partition coefficient (Wildman–Crippen LogP) is 3.74. The van der Waals surface area contributed by atoms with E-state index in [9.17, 15) is 8.42 Å². The van der Waals surface area contributed by atoms with Gasteiger partial charge in [-0.3, -0.25) is 10.0 Å². The van der Waals surface area contributed by atoms with E-state index in [-0.39, 0.29) is 18.0 Å². The van der Waals surface area contributed by atoms with Crippen molar-refractivity contribution in [1.29, 1.82) is 0 Å². The molecule has 0 saturated heterocycles. The van der Waals surface area contributed by atoms with Crippen molar-refractivity contribution in [2.24, 2.45) is 0 Å². The van der Waals surface area contributed by atoms with Crippen LogP contribution in [0.25, 0.3) is 0 Å². The van der Waals surface area contributed by atoms with Crippen molar-refractivity contribution in [1.82, 2.24) is 9.95 Å². The van der Waals surface area contributed by atoms with E-state index >= 15 is 0 Å². The summed E-state index contributed by atoms with van der Waals surface area (Å²) in [6.45, 7) is 2.85.